The van der Waals surface area contributed by atoms with Gasteiger partial charge in [-0.2, -0.15) is 0 Å². The van der Waals surface area contributed by atoms with Crippen molar-refractivity contribution in [1.29, 1.82) is 0 Å². The van der Waals surface area contributed by atoms with Gasteiger partial charge in [-0.15, -0.1) is 0 Å². The van der Waals surface area contributed by atoms with Crippen molar-refractivity contribution in [2.24, 2.45) is 5.92 Å². The number of rotatable bonds is 1. The number of para-hydroxylation sites is 1. The fraction of sp³-hybridized carbons (Fsp3) is 0.485. The van der Waals surface area contributed by atoms with Gasteiger partial charge in [0.05, 0.1) is 18.7 Å². The average molecular weight is 697 g/mol. The van der Waals surface area contributed by atoms with Gasteiger partial charge in [0.1, 0.15) is 34.7 Å². The number of fused-ring (bicyclic) bond motifs is 12. The van der Waals surface area contributed by atoms with Gasteiger partial charge in [0.2, 0.25) is 11.8 Å². The van der Waals surface area contributed by atoms with Crippen LogP contribution in [0.5, 0.6) is 5.88 Å². The number of carbonyl (C=O) groups excluding carboxylic acids is 1. The molecule has 4 aliphatic rings. The summed E-state index contributed by atoms with van der Waals surface area (Å²) in [6.45, 7) is 3.36. The summed E-state index contributed by atoms with van der Waals surface area (Å²) in [5, 5.41) is 11.2. The van der Waals surface area contributed by atoms with Crippen molar-refractivity contribution in [2.75, 3.05) is 37.7 Å². The number of aromatic nitrogens is 3. The van der Waals surface area contributed by atoms with E-state index in [-0.39, 0.29) is 44.3 Å². The first-order valence-electron chi connectivity index (χ1n) is 15.8. The number of hydrogen-bond acceptors (Lipinski definition) is 9. The Morgan fingerprint density at radius 1 is 1.15 bits per heavy atom. The van der Waals surface area contributed by atoms with Gasteiger partial charge in [-0.05, 0) is 47.0 Å². The molecule has 242 valence electrons. The Hall–Kier alpha value is -3.84. The summed E-state index contributed by atoms with van der Waals surface area (Å²) in [6.07, 6.45) is 3.28. The van der Waals surface area contributed by atoms with Crippen LogP contribution >= 0.6 is 15.9 Å². The van der Waals surface area contributed by atoms with Crippen molar-refractivity contribution in [3.8, 4) is 5.88 Å². The minimum atomic E-state index is -1.80. The van der Waals surface area contributed by atoms with Crippen LogP contribution in [0.3, 0.4) is 0 Å². The van der Waals surface area contributed by atoms with Gasteiger partial charge in [-0.1, -0.05) is 19.1 Å². The van der Waals surface area contributed by atoms with Gasteiger partial charge in [0, 0.05) is 67.4 Å². The summed E-state index contributed by atoms with van der Waals surface area (Å²) in [5.41, 5.74) is 0.0953. The minimum absolute atomic E-state index is 0.0102. The highest BCUT2D eigenvalue weighted by Gasteiger charge is 2.47. The topological polar surface area (TPSA) is 131 Å². The van der Waals surface area contributed by atoms with E-state index < -0.39 is 29.7 Å². The summed E-state index contributed by atoms with van der Waals surface area (Å²) in [7, 11) is 0. The number of halogens is 2. The molecule has 8 rings (SSSR count). The maximum atomic E-state index is 17.0. The molecule has 7 heterocycles. The van der Waals surface area contributed by atoms with E-state index in [9.17, 15) is 14.7 Å². The zero-order chi connectivity index (χ0) is 32.0. The second kappa shape index (κ2) is 12.4. The van der Waals surface area contributed by atoms with Crippen molar-refractivity contribution in [3.63, 3.8) is 0 Å². The normalized spacial score (nSPS) is 26.2. The number of anilines is 1. The molecular formula is C33H35BrFN5O6. The second-order valence-corrected chi connectivity index (χ2v) is 13.3. The van der Waals surface area contributed by atoms with E-state index in [0.717, 1.165) is 5.39 Å². The molecule has 4 aliphatic heterocycles. The van der Waals surface area contributed by atoms with Crippen LogP contribution in [0, 0.1) is 5.92 Å². The molecule has 0 unspecified atom stereocenters. The highest BCUT2D eigenvalue weighted by molar-refractivity contribution is 9.10. The molecule has 0 spiro atoms. The highest BCUT2D eigenvalue weighted by Crippen LogP contribution is 2.46. The third-order valence-corrected chi connectivity index (χ3v) is 9.82. The van der Waals surface area contributed by atoms with E-state index in [1.165, 1.54) is 0 Å². The van der Waals surface area contributed by atoms with E-state index in [0.29, 0.717) is 77.3 Å². The summed E-state index contributed by atoms with van der Waals surface area (Å²) in [5.74, 6) is -0.562. The molecule has 0 aliphatic carbocycles. The molecule has 1 amide bonds. The third kappa shape index (κ3) is 5.68. The monoisotopic (exact) mass is 695 g/mol. The van der Waals surface area contributed by atoms with Crippen molar-refractivity contribution < 1.29 is 33.0 Å². The predicted molar refractivity (Wildman–Crippen MR) is 171 cm³/mol. The number of carboxylic acids is 1. The molecule has 1 N–H and O–H groups in total. The molecule has 46 heavy (non-hydrogen) atoms. The van der Waals surface area contributed by atoms with Crippen molar-refractivity contribution in [3.05, 3.63) is 52.4 Å². The average Bonchev–Trinajstić information content (AvgIpc) is 3.64. The molecule has 2 saturated heterocycles. The maximum absolute atomic E-state index is 17.0. The standard InChI is InChI=1S/C33H35BrFN5O6/c1-19-17-39-11-10-33(19,35)23-14-20(34)16-36-31(23)45-21-15-24(32(42)43)40(18-21)30-29-28(22-6-2-3-7-25(22)46-29)37-26(38-30)9-13-44-12-5-4-8-27(39)41/h2-3,6-7,14,16,19,21,24H,4-5,8-13,15,17-18H2,1H3,(H,42,43)/t19-,21-,24-,33+/m0/s1. The Bertz CT molecular complexity index is 1800. The first-order chi connectivity index (χ1) is 22.2. The van der Waals surface area contributed by atoms with Crippen LogP contribution in [0.15, 0.2) is 45.4 Å². The van der Waals surface area contributed by atoms with Crippen LogP contribution in [-0.2, 0) is 26.4 Å². The second-order valence-electron chi connectivity index (χ2n) is 12.4. The quantitative estimate of drug-likeness (QED) is 0.275. The summed E-state index contributed by atoms with van der Waals surface area (Å²) in [4.78, 5) is 43.2. The number of ether oxygens (including phenoxy) is 2. The number of aliphatic carboxylic acids is 1. The number of hydrogen-bond donors (Lipinski definition) is 1. The zero-order valence-corrected chi connectivity index (χ0v) is 27.0. The van der Waals surface area contributed by atoms with Gasteiger partial charge in [-0.25, -0.2) is 24.1 Å². The number of carboxylic acid groups (broad SMARTS) is 1. The lowest BCUT2D eigenvalue weighted by molar-refractivity contribution is -0.138. The SMILES string of the molecule is C[C@H]1CN2CC[C@]1(F)c1cc(Br)cnc1O[C@H]1C[C@@H](C(=O)O)N(C1)c1nc(nc3c1oc1ccccc13)CCOCCCCC2=O. The lowest BCUT2D eigenvalue weighted by atomic mass is 9.78. The lowest BCUT2D eigenvalue weighted by Crippen LogP contribution is -2.49. The Labute approximate surface area is 273 Å². The number of pyridine rings is 1. The van der Waals surface area contributed by atoms with Crippen molar-refractivity contribution >= 4 is 55.7 Å². The van der Waals surface area contributed by atoms with Crippen LogP contribution in [0.25, 0.3) is 22.1 Å². The Balaban J connectivity index is 1.30. The van der Waals surface area contributed by atoms with Crippen LogP contribution in [0.4, 0.5) is 10.2 Å². The Morgan fingerprint density at radius 2 is 2.00 bits per heavy atom. The molecular weight excluding hydrogens is 661 g/mol. The van der Waals surface area contributed by atoms with Crippen LogP contribution in [-0.4, -0.2) is 81.8 Å². The number of carbonyl (C=O) groups is 2. The van der Waals surface area contributed by atoms with Gasteiger partial charge in [0.25, 0.3) is 0 Å². The van der Waals surface area contributed by atoms with E-state index in [1.54, 1.807) is 29.0 Å². The van der Waals surface area contributed by atoms with Crippen LogP contribution in [0.1, 0.15) is 50.4 Å². The molecule has 0 radical (unpaired) electrons. The summed E-state index contributed by atoms with van der Waals surface area (Å²) >= 11 is 3.44. The smallest absolute Gasteiger partial charge is 0.326 e. The molecule has 1 aromatic carbocycles. The largest absolute Gasteiger partial charge is 0.480 e. The number of alkyl halides is 1. The first-order valence-corrected chi connectivity index (χ1v) is 16.6. The van der Waals surface area contributed by atoms with Gasteiger partial charge < -0.3 is 28.8 Å². The van der Waals surface area contributed by atoms with Crippen LogP contribution in [0.2, 0.25) is 0 Å². The molecule has 6 bridgehead atoms. The van der Waals surface area contributed by atoms with E-state index in [2.05, 4.69) is 20.9 Å². The summed E-state index contributed by atoms with van der Waals surface area (Å²) in [6, 6.07) is 8.22. The van der Waals surface area contributed by atoms with Crippen LogP contribution < -0.4 is 9.64 Å². The minimum Gasteiger partial charge on any atom is -0.480 e. The number of benzene rings is 1. The van der Waals surface area contributed by atoms with Crippen molar-refractivity contribution in [2.45, 2.75) is 63.3 Å². The maximum Gasteiger partial charge on any atom is 0.326 e. The van der Waals surface area contributed by atoms with Gasteiger partial charge in [-0.3, -0.25) is 4.79 Å². The molecule has 3 aromatic heterocycles. The molecule has 13 heteroatoms. The Morgan fingerprint density at radius 3 is 2.83 bits per heavy atom. The molecule has 11 nitrogen and oxygen atoms in total. The first kappa shape index (κ1) is 30.8. The highest BCUT2D eigenvalue weighted by atomic mass is 79.9. The number of amides is 1. The van der Waals surface area contributed by atoms with Gasteiger partial charge >= 0.3 is 5.97 Å². The van der Waals surface area contributed by atoms with Gasteiger partial charge in [0.15, 0.2) is 11.4 Å². The fourth-order valence-electron chi connectivity index (χ4n) is 6.90. The molecule has 0 saturated carbocycles. The molecule has 2 fully saturated rings. The molecule has 4 aromatic rings. The number of piperidine rings is 1. The van der Waals surface area contributed by atoms with E-state index >= 15 is 4.39 Å². The zero-order valence-electron chi connectivity index (χ0n) is 25.5. The number of furan rings is 1. The molecule has 4 atom stereocenters. The fourth-order valence-corrected chi connectivity index (χ4v) is 7.23. The Kier molecular flexibility index (Phi) is 8.30. The van der Waals surface area contributed by atoms with E-state index in [1.807, 2.05) is 24.3 Å². The predicted octanol–water partition coefficient (Wildman–Crippen LogP) is 5.42. The summed E-state index contributed by atoms with van der Waals surface area (Å²) < 4.78 is 36.2. The third-order valence-electron chi connectivity index (χ3n) is 9.38. The lowest BCUT2D eigenvalue weighted by Gasteiger charge is -2.42. The number of nitrogens with zero attached hydrogens (tertiary/aromatic N) is 5. The van der Waals surface area contributed by atoms with Crippen molar-refractivity contribution in [1.82, 2.24) is 19.9 Å². The van der Waals surface area contributed by atoms with E-state index in [4.69, 9.17) is 23.9 Å².